The Morgan fingerprint density at radius 3 is 1.56 bits per heavy atom. The van der Waals surface area contributed by atoms with Crippen molar-refractivity contribution in [2.75, 3.05) is 0 Å². The predicted molar refractivity (Wildman–Crippen MR) is 246 cm³/mol. The van der Waals surface area contributed by atoms with Gasteiger partial charge in [0.25, 0.3) is 0 Å². The van der Waals surface area contributed by atoms with Gasteiger partial charge < -0.3 is 4.57 Å². The molecular weight excluding hydrogens is 717 g/mol. The molecule has 0 aliphatic rings. The second-order valence-electron chi connectivity index (χ2n) is 15.2. The van der Waals surface area contributed by atoms with Crippen LogP contribution in [0.3, 0.4) is 0 Å². The van der Waals surface area contributed by atoms with Gasteiger partial charge in [0.15, 0.2) is 17.5 Å². The lowest BCUT2D eigenvalue weighted by atomic mass is 9.93. The van der Waals surface area contributed by atoms with Crippen LogP contribution in [0.2, 0.25) is 0 Å². The maximum atomic E-state index is 5.35. The van der Waals surface area contributed by atoms with Crippen LogP contribution in [0.15, 0.2) is 206 Å². The van der Waals surface area contributed by atoms with Crippen LogP contribution >= 0.6 is 0 Å². The highest BCUT2D eigenvalue weighted by atomic mass is 15.1. The van der Waals surface area contributed by atoms with E-state index in [9.17, 15) is 0 Å². The average Bonchev–Trinajstić information content (AvgIpc) is 3.64. The van der Waals surface area contributed by atoms with Crippen molar-refractivity contribution in [1.82, 2.24) is 19.5 Å². The number of benzene rings is 10. The smallest absolute Gasteiger partial charge is 0.166 e. The SMILES string of the molecule is c1ccc(-c2nc(-c3ccc4ccccc4c3)nc(-c3ccc4ccccc4c3-n3c4ccccc4c4cc(-c5ccc6ccccc6c5)c5ccccc5c43)n2)cc1. The van der Waals surface area contributed by atoms with Crippen LogP contribution in [0.4, 0.5) is 0 Å². The Morgan fingerprint density at radius 2 is 0.814 bits per heavy atom. The summed E-state index contributed by atoms with van der Waals surface area (Å²) >= 11 is 0. The highest BCUT2D eigenvalue weighted by Crippen LogP contribution is 2.45. The molecule has 0 N–H and O–H groups in total. The molecule has 0 bridgehead atoms. The summed E-state index contributed by atoms with van der Waals surface area (Å²) in [5.74, 6) is 1.88. The molecule has 0 unspecified atom stereocenters. The minimum atomic E-state index is 0.616. The lowest BCUT2D eigenvalue weighted by molar-refractivity contribution is 1.07. The van der Waals surface area contributed by atoms with Crippen molar-refractivity contribution in [2.45, 2.75) is 0 Å². The van der Waals surface area contributed by atoms with Crippen molar-refractivity contribution < 1.29 is 0 Å². The van der Waals surface area contributed by atoms with Gasteiger partial charge in [-0.1, -0.05) is 176 Å². The maximum Gasteiger partial charge on any atom is 0.166 e. The van der Waals surface area contributed by atoms with E-state index in [1.54, 1.807) is 0 Å². The lowest BCUT2D eigenvalue weighted by Crippen LogP contribution is -2.04. The highest BCUT2D eigenvalue weighted by molar-refractivity contribution is 6.23. The zero-order chi connectivity index (χ0) is 38.9. The number of rotatable bonds is 5. The molecule has 4 heteroatoms. The number of aromatic nitrogens is 4. The standard InChI is InChI=1S/C55H34N4/c1-2-17-38(18-3-1)53-56-54(42-29-27-36-15-5-7-20-40(36)33-42)58-55(57-53)47-31-30-37-16-8-9-21-43(37)51(47)59-50-25-13-12-23-45(50)49-34-48(44-22-10-11-24-46(44)52(49)59)41-28-26-35-14-4-6-19-39(35)32-41/h1-34H. The van der Waals surface area contributed by atoms with Gasteiger partial charge in [-0.3, -0.25) is 0 Å². The summed E-state index contributed by atoms with van der Waals surface area (Å²) in [7, 11) is 0. The normalized spacial score (nSPS) is 11.7. The fraction of sp³-hybridized carbons (Fsp3) is 0. The molecule has 0 radical (unpaired) electrons. The first kappa shape index (κ1) is 33.2. The van der Waals surface area contributed by atoms with Gasteiger partial charge >= 0.3 is 0 Å². The number of hydrogen-bond acceptors (Lipinski definition) is 3. The molecule has 0 aliphatic carbocycles. The third-order valence-electron chi connectivity index (χ3n) is 11.8. The van der Waals surface area contributed by atoms with Crippen molar-refractivity contribution >= 4 is 64.9 Å². The van der Waals surface area contributed by atoms with E-state index in [4.69, 9.17) is 15.0 Å². The van der Waals surface area contributed by atoms with Crippen molar-refractivity contribution in [3.8, 4) is 51.0 Å². The minimum absolute atomic E-state index is 0.616. The summed E-state index contributed by atoms with van der Waals surface area (Å²) in [5.41, 5.74) is 8.52. The van der Waals surface area contributed by atoms with E-state index >= 15 is 0 Å². The first-order valence-corrected chi connectivity index (χ1v) is 20.0. The van der Waals surface area contributed by atoms with Crippen molar-refractivity contribution in [1.29, 1.82) is 0 Å². The van der Waals surface area contributed by atoms with Gasteiger partial charge in [-0.2, -0.15) is 0 Å². The number of hydrogen-bond donors (Lipinski definition) is 0. The van der Waals surface area contributed by atoms with Crippen LogP contribution in [0, 0.1) is 0 Å². The summed E-state index contributed by atoms with van der Waals surface area (Å²) < 4.78 is 2.47. The molecule has 0 saturated heterocycles. The van der Waals surface area contributed by atoms with Gasteiger partial charge in [-0.05, 0) is 73.8 Å². The second kappa shape index (κ2) is 13.3. The summed E-state index contributed by atoms with van der Waals surface area (Å²) in [6, 6.07) is 73.6. The third-order valence-corrected chi connectivity index (χ3v) is 11.8. The zero-order valence-corrected chi connectivity index (χ0v) is 31.9. The van der Waals surface area contributed by atoms with Crippen LogP contribution in [-0.2, 0) is 0 Å². The molecule has 0 aliphatic heterocycles. The Kier molecular flexibility index (Phi) is 7.50. The number of nitrogens with zero attached hydrogens (tertiary/aromatic N) is 4. The van der Waals surface area contributed by atoms with Crippen LogP contribution in [0.25, 0.3) is 116 Å². The lowest BCUT2D eigenvalue weighted by Gasteiger charge is -2.18. The van der Waals surface area contributed by atoms with Gasteiger partial charge in [0.05, 0.1) is 16.7 Å². The average molecular weight is 751 g/mol. The molecule has 10 aromatic carbocycles. The van der Waals surface area contributed by atoms with Gasteiger partial charge in [0.1, 0.15) is 0 Å². The van der Waals surface area contributed by atoms with Crippen LogP contribution < -0.4 is 0 Å². The molecule has 0 atom stereocenters. The molecule has 0 fully saturated rings. The first-order valence-electron chi connectivity index (χ1n) is 20.0. The summed E-state index contributed by atoms with van der Waals surface area (Å²) in [4.78, 5) is 15.8. The van der Waals surface area contributed by atoms with E-state index in [1.165, 1.54) is 48.8 Å². The number of para-hydroxylation sites is 1. The molecule has 4 nitrogen and oxygen atoms in total. The topological polar surface area (TPSA) is 43.6 Å². The van der Waals surface area contributed by atoms with Gasteiger partial charge in [0.2, 0.25) is 0 Å². The second-order valence-corrected chi connectivity index (χ2v) is 15.2. The minimum Gasteiger partial charge on any atom is -0.307 e. The van der Waals surface area contributed by atoms with Crippen LogP contribution in [0.5, 0.6) is 0 Å². The van der Waals surface area contributed by atoms with E-state index in [1.807, 2.05) is 18.2 Å². The van der Waals surface area contributed by atoms with E-state index in [2.05, 4.69) is 193 Å². The summed E-state index contributed by atoms with van der Waals surface area (Å²) in [6.45, 7) is 0. The Labute approximate surface area is 340 Å². The molecule has 0 amide bonds. The van der Waals surface area contributed by atoms with E-state index in [-0.39, 0.29) is 0 Å². The van der Waals surface area contributed by atoms with Gasteiger partial charge in [-0.15, -0.1) is 0 Å². The Hall–Kier alpha value is -7.95. The molecule has 274 valence electrons. The van der Waals surface area contributed by atoms with E-state index in [0.29, 0.717) is 17.5 Å². The largest absolute Gasteiger partial charge is 0.307 e. The third kappa shape index (κ3) is 5.42. The fourth-order valence-electron chi connectivity index (χ4n) is 9.00. The summed E-state index contributed by atoms with van der Waals surface area (Å²) in [6.07, 6.45) is 0. The first-order chi connectivity index (χ1) is 29.2. The molecule has 2 heterocycles. The maximum absolute atomic E-state index is 5.35. The monoisotopic (exact) mass is 750 g/mol. The quantitative estimate of drug-likeness (QED) is 0.176. The Morgan fingerprint density at radius 1 is 0.288 bits per heavy atom. The zero-order valence-electron chi connectivity index (χ0n) is 31.9. The molecular formula is C55H34N4. The van der Waals surface area contributed by atoms with Crippen molar-refractivity contribution in [3.63, 3.8) is 0 Å². The molecule has 0 spiro atoms. The van der Waals surface area contributed by atoms with Crippen molar-refractivity contribution in [3.05, 3.63) is 206 Å². The van der Waals surface area contributed by atoms with Crippen molar-refractivity contribution in [2.24, 2.45) is 0 Å². The molecule has 0 saturated carbocycles. The molecule has 59 heavy (non-hydrogen) atoms. The number of fused-ring (bicyclic) bond motifs is 8. The van der Waals surface area contributed by atoms with Gasteiger partial charge in [-0.25, -0.2) is 15.0 Å². The van der Waals surface area contributed by atoms with Gasteiger partial charge in [0, 0.05) is 38.2 Å². The van der Waals surface area contributed by atoms with Crippen LogP contribution in [0.1, 0.15) is 0 Å². The molecule has 2 aromatic heterocycles. The molecule has 12 aromatic rings. The highest BCUT2D eigenvalue weighted by Gasteiger charge is 2.24. The Balaban J connectivity index is 1.18. The van der Waals surface area contributed by atoms with E-state index < -0.39 is 0 Å². The summed E-state index contributed by atoms with van der Waals surface area (Å²) in [5, 5.41) is 11.8. The molecule has 12 rings (SSSR count). The van der Waals surface area contributed by atoms with E-state index in [0.717, 1.165) is 49.6 Å². The Bertz CT molecular complexity index is 3620. The predicted octanol–water partition coefficient (Wildman–Crippen LogP) is 14.2. The van der Waals surface area contributed by atoms with Crippen LogP contribution in [-0.4, -0.2) is 19.5 Å². The fourth-order valence-corrected chi connectivity index (χ4v) is 9.00.